The van der Waals surface area contributed by atoms with E-state index in [4.69, 9.17) is 9.47 Å². The molecule has 37 heavy (non-hydrogen) atoms. The third kappa shape index (κ3) is 7.09. The Hall–Kier alpha value is -3.88. The van der Waals surface area contributed by atoms with Gasteiger partial charge in [0.15, 0.2) is 0 Å². The molecule has 1 amide bonds. The zero-order valence-electron chi connectivity index (χ0n) is 19.9. The molecular formula is C26H24F4N4O3. The van der Waals surface area contributed by atoms with Crippen LogP contribution in [0.3, 0.4) is 0 Å². The molecule has 0 bridgehead atoms. The number of carbonyl (C=O) groups is 1. The summed E-state index contributed by atoms with van der Waals surface area (Å²) in [4.78, 5) is 20.8. The van der Waals surface area contributed by atoms with Gasteiger partial charge in [-0.15, -0.1) is 0 Å². The van der Waals surface area contributed by atoms with E-state index in [1.165, 1.54) is 24.3 Å². The molecule has 0 radical (unpaired) electrons. The molecule has 1 atom stereocenters. The van der Waals surface area contributed by atoms with Crippen molar-refractivity contribution in [2.24, 2.45) is 0 Å². The van der Waals surface area contributed by atoms with Crippen LogP contribution in [0.5, 0.6) is 5.75 Å². The summed E-state index contributed by atoms with van der Waals surface area (Å²) in [6, 6.07) is 10.0. The number of imidazole rings is 1. The maximum Gasteiger partial charge on any atom is 0.432 e. The fraction of sp³-hybridized carbons (Fsp3) is 0.308. The van der Waals surface area contributed by atoms with E-state index < -0.39 is 23.6 Å². The molecule has 7 nitrogen and oxygen atoms in total. The number of anilines is 1. The lowest BCUT2D eigenvalue weighted by Gasteiger charge is -2.17. The Bertz CT molecular complexity index is 1310. The first-order valence-corrected chi connectivity index (χ1v) is 11.4. The molecule has 0 spiro atoms. The average molecular weight is 516 g/mol. The van der Waals surface area contributed by atoms with E-state index in [1.807, 2.05) is 0 Å². The molecule has 2 aromatic carbocycles. The second kappa shape index (κ2) is 11.5. The van der Waals surface area contributed by atoms with Gasteiger partial charge in [-0.25, -0.2) is 9.37 Å². The highest BCUT2D eigenvalue weighted by molar-refractivity contribution is 6.05. The number of aromatic nitrogens is 2. The van der Waals surface area contributed by atoms with Gasteiger partial charge in [-0.2, -0.15) is 13.2 Å². The summed E-state index contributed by atoms with van der Waals surface area (Å²) in [6.07, 6.45) is -2.76. The van der Waals surface area contributed by atoms with Crippen LogP contribution in [0.15, 0.2) is 48.7 Å². The number of benzene rings is 2. The largest absolute Gasteiger partial charge is 0.490 e. The minimum Gasteiger partial charge on any atom is -0.490 e. The average Bonchev–Trinajstić information content (AvgIpc) is 3.54. The van der Waals surface area contributed by atoms with Crippen molar-refractivity contribution in [3.05, 3.63) is 65.7 Å². The van der Waals surface area contributed by atoms with E-state index >= 15 is 0 Å². The van der Waals surface area contributed by atoms with E-state index in [1.54, 1.807) is 25.3 Å². The lowest BCUT2D eigenvalue weighted by atomic mass is 10.1. The fourth-order valence-corrected chi connectivity index (χ4v) is 3.84. The predicted molar refractivity (Wildman–Crippen MR) is 128 cm³/mol. The number of hydrogen-bond acceptors (Lipinski definition) is 5. The summed E-state index contributed by atoms with van der Waals surface area (Å²) in [5, 5.41) is 2.61. The van der Waals surface area contributed by atoms with E-state index in [-0.39, 0.29) is 17.6 Å². The first kappa shape index (κ1) is 26.2. The van der Waals surface area contributed by atoms with Crippen LogP contribution in [0, 0.1) is 17.7 Å². The molecule has 0 aliphatic carbocycles. The first-order chi connectivity index (χ1) is 17.7. The molecule has 1 fully saturated rings. The molecule has 1 aliphatic heterocycles. The Kier molecular flexibility index (Phi) is 8.11. The van der Waals surface area contributed by atoms with Crippen LogP contribution in [0.25, 0.3) is 11.4 Å². The molecular weight excluding hydrogens is 492 g/mol. The number of hydrogen-bond donors (Lipinski definition) is 2. The van der Waals surface area contributed by atoms with Crippen LogP contribution in [0.4, 0.5) is 23.2 Å². The van der Waals surface area contributed by atoms with Gasteiger partial charge in [0.05, 0.1) is 18.0 Å². The first-order valence-electron chi connectivity index (χ1n) is 11.4. The van der Waals surface area contributed by atoms with Crippen molar-refractivity contribution < 1.29 is 31.8 Å². The third-order valence-electron chi connectivity index (χ3n) is 5.75. The molecule has 2 heterocycles. The monoisotopic (exact) mass is 516 g/mol. The van der Waals surface area contributed by atoms with Crippen LogP contribution < -0.4 is 10.1 Å². The van der Waals surface area contributed by atoms with Crippen LogP contribution in [-0.4, -0.2) is 60.2 Å². The van der Waals surface area contributed by atoms with Crippen LogP contribution in [-0.2, 0) is 15.7 Å². The summed E-state index contributed by atoms with van der Waals surface area (Å²) in [6.45, 7) is 2.60. The molecule has 2 N–H and O–H groups in total. The van der Waals surface area contributed by atoms with E-state index in [0.29, 0.717) is 36.2 Å². The highest BCUT2D eigenvalue weighted by Gasteiger charge is 2.33. The Morgan fingerprint density at radius 3 is 2.81 bits per heavy atom. The Morgan fingerprint density at radius 2 is 2.11 bits per heavy atom. The third-order valence-corrected chi connectivity index (χ3v) is 5.75. The highest BCUT2D eigenvalue weighted by Crippen LogP contribution is 2.33. The molecule has 1 unspecified atom stereocenters. The summed E-state index contributed by atoms with van der Waals surface area (Å²) in [5.74, 6) is 4.06. The normalized spacial score (nSPS) is 15.8. The zero-order valence-corrected chi connectivity index (χ0v) is 19.9. The number of alkyl halides is 3. The predicted octanol–water partition coefficient (Wildman–Crippen LogP) is 4.32. The topological polar surface area (TPSA) is 79.5 Å². The number of aromatic amines is 1. The van der Waals surface area contributed by atoms with Crippen molar-refractivity contribution >= 4 is 11.6 Å². The smallest absolute Gasteiger partial charge is 0.432 e. The number of halogens is 4. The number of methoxy groups -OCH3 is 1. The van der Waals surface area contributed by atoms with Gasteiger partial charge in [0, 0.05) is 43.8 Å². The number of carbonyl (C=O) groups excluding carboxylic acids is 1. The van der Waals surface area contributed by atoms with E-state index in [0.717, 1.165) is 19.5 Å². The number of H-pyrrole nitrogens is 1. The van der Waals surface area contributed by atoms with Gasteiger partial charge >= 0.3 is 12.1 Å². The Balaban J connectivity index is 1.52. The summed E-state index contributed by atoms with van der Waals surface area (Å²) < 4.78 is 63.6. The lowest BCUT2D eigenvalue weighted by molar-refractivity contribution is -0.140. The molecule has 11 heteroatoms. The number of rotatable bonds is 7. The Morgan fingerprint density at radius 1 is 1.27 bits per heavy atom. The van der Waals surface area contributed by atoms with E-state index in [2.05, 4.69) is 32.0 Å². The molecule has 1 saturated heterocycles. The van der Waals surface area contributed by atoms with Gasteiger partial charge in [-0.3, -0.25) is 9.69 Å². The van der Waals surface area contributed by atoms with Crippen LogP contribution >= 0.6 is 0 Å². The van der Waals surface area contributed by atoms with Gasteiger partial charge < -0.3 is 19.8 Å². The maximum absolute atomic E-state index is 13.4. The second-order valence-corrected chi connectivity index (χ2v) is 8.36. The Labute approximate surface area is 210 Å². The summed E-state index contributed by atoms with van der Waals surface area (Å²) in [7, 11) is 1.68. The molecule has 3 aromatic rings. The number of likely N-dealkylation sites (tertiary alicyclic amines) is 1. The molecule has 194 valence electrons. The van der Waals surface area contributed by atoms with E-state index in [9.17, 15) is 22.4 Å². The molecule has 1 aliphatic rings. The number of nitrogens with zero attached hydrogens (tertiary/aromatic N) is 2. The maximum atomic E-state index is 13.4. The summed E-state index contributed by atoms with van der Waals surface area (Å²) >= 11 is 0. The van der Waals surface area contributed by atoms with Gasteiger partial charge in [-0.05, 0) is 42.8 Å². The summed E-state index contributed by atoms with van der Waals surface area (Å²) in [5.41, 5.74) is -0.166. The lowest BCUT2D eigenvalue weighted by Crippen LogP contribution is -2.27. The van der Waals surface area contributed by atoms with Crippen LogP contribution in [0.2, 0.25) is 0 Å². The van der Waals surface area contributed by atoms with Crippen molar-refractivity contribution in [1.29, 1.82) is 0 Å². The molecule has 0 saturated carbocycles. The van der Waals surface area contributed by atoms with Crippen molar-refractivity contribution in [3.8, 4) is 29.0 Å². The zero-order chi connectivity index (χ0) is 26.4. The quantitative estimate of drug-likeness (QED) is 0.361. The highest BCUT2D eigenvalue weighted by atomic mass is 19.4. The molecule has 4 rings (SSSR count). The fourth-order valence-electron chi connectivity index (χ4n) is 3.84. The van der Waals surface area contributed by atoms with Gasteiger partial charge in [0.2, 0.25) is 0 Å². The second-order valence-electron chi connectivity index (χ2n) is 8.36. The number of nitrogens with one attached hydrogen (secondary N) is 2. The minimum atomic E-state index is -4.57. The minimum absolute atomic E-state index is 0.0251. The SMILES string of the molecule is COC1CCN(CCOc2ccc(-c3ncc(C(F)(F)F)[nH]3)cc2NC(=O)C#Cc2cccc(F)c2)C1. The molecule has 1 aromatic heterocycles. The number of amides is 1. The van der Waals surface area contributed by atoms with Crippen molar-refractivity contribution in [3.63, 3.8) is 0 Å². The van der Waals surface area contributed by atoms with Crippen molar-refractivity contribution in [2.75, 3.05) is 38.7 Å². The van der Waals surface area contributed by atoms with Crippen molar-refractivity contribution in [2.45, 2.75) is 18.7 Å². The van der Waals surface area contributed by atoms with Crippen molar-refractivity contribution in [1.82, 2.24) is 14.9 Å². The standard InChI is InChI=1S/C26H24F4N4O3/c1-36-20-9-10-34(16-20)11-12-37-22-7-6-18(25-31-15-23(33-25)26(28,29)30)14-21(22)32-24(35)8-5-17-3-2-4-19(27)13-17/h2-4,6-7,13-15,20H,9-12,16H2,1H3,(H,31,33)(H,32,35). The van der Waals surface area contributed by atoms with Crippen LogP contribution in [0.1, 0.15) is 17.7 Å². The van der Waals surface area contributed by atoms with Gasteiger partial charge in [0.25, 0.3) is 0 Å². The van der Waals surface area contributed by atoms with Gasteiger partial charge in [-0.1, -0.05) is 12.0 Å². The number of ether oxygens (including phenoxy) is 2. The van der Waals surface area contributed by atoms with Gasteiger partial charge in [0.1, 0.15) is 29.7 Å².